The summed E-state index contributed by atoms with van der Waals surface area (Å²) < 4.78 is 29.1. The lowest BCUT2D eigenvalue weighted by atomic mass is 9.98. The lowest BCUT2D eigenvalue weighted by molar-refractivity contribution is 0.300. The van der Waals surface area contributed by atoms with E-state index in [2.05, 4.69) is 0 Å². The minimum absolute atomic E-state index is 0.126. The molecule has 0 aromatic heterocycles. The number of phenolic OH excluding ortho intramolecular Hbond substituents is 1. The molecular formula is C21H18Cl2FO5P. The molecule has 5 nitrogen and oxygen atoms in total. The summed E-state index contributed by atoms with van der Waals surface area (Å²) in [5, 5.41) is 10.8. The lowest BCUT2D eigenvalue weighted by Gasteiger charge is -2.13. The number of benzene rings is 3. The Hall–Kier alpha value is -2.08. The molecule has 0 amide bonds. The highest BCUT2D eigenvalue weighted by Gasteiger charge is 2.16. The Balaban J connectivity index is 1.80. The highest BCUT2D eigenvalue weighted by Crippen LogP contribution is 2.37. The molecule has 0 atom stereocenters. The maximum atomic E-state index is 13.1. The van der Waals surface area contributed by atoms with Crippen molar-refractivity contribution in [3.8, 4) is 11.5 Å². The van der Waals surface area contributed by atoms with Crippen LogP contribution in [0.2, 0.25) is 10.0 Å². The summed E-state index contributed by atoms with van der Waals surface area (Å²) >= 11 is 12.6. The smallest absolute Gasteiger partial charge is 0.362 e. The van der Waals surface area contributed by atoms with Crippen molar-refractivity contribution in [3.63, 3.8) is 0 Å². The van der Waals surface area contributed by atoms with Gasteiger partial charge in [-0.25, -0.2) is 4.39 Å². The average Bonchev–Trinajstić information content (AvgIpc) is 2.66. The Bertz CT molecular complexity index is 1080. The Kier molecular flexibility index (Phi) is 7.06. The molecule has 3 rings (SSSR count). The summed E-state index contributed by atoms with van der Waals surface area (Å²) in [7, 11) is -4.32. The summed E-state index contributed by atoms with van der Waals surface area (Å²) in [6.45, 7) is 0. The van der Waals surface area contributed by atoms with Gasteiger partial charge in [-0.05, 0) is 52.6 Å². The summed E-state index contributed by atoms with van der Waals surface area (Å²) in [4.78, 5) is 17.8. The van der Waals surface area contributed by atoms with Gasteiger partial charge in [-0.15, -0.1) is 0 Å². The third kappa shape index (κ3) is 6.21. The first-order valence-corrected chi connectivity index (χ1v) is 11.4. The Labute approximate surface area is 182 Å². The molecule has 0 heterocycles. The number of halogens is 3. The SMILES string of the molecule is O=P(O)(O)COc1cc(Cl)c(Cc2ccc(O)c(Cc3ccc(F)cc3)c2)c(Cl)c1. The van der Waals surface area contributed by atoms with Gasteiger partial charge in [0, 0.05) is 22.9 Å². The zero-order chi connectivity index (χ0) is 21.9. The molecule has 158 valence electrons. The van der Waals surface area contributed by atoms with E-state index in [0.29, 0.717) is 24.0 Å². The molecule has 30 heavy (non-hydrogen) atoms. The van der Waals surface area contributed by atoms with Gasteiger partial charge in [-0.1, -0.05) is 47.5 Å². The maximum absolute atomic E-state index is 13.1. The van der Waals surface area contributed by atoms with Crippen LogP contribution in [0.25, 0.3) is 0 Å². The van der Waals surface area contributed by atoms with Crippen LogP contribution in [-0.4, -0.2) is 21.2 Å². The molecule has 0 aliphatic heterocycles. The second kappa shape index (κ2) is 9.38. The number of hydrogen-bond donors (Lipinski definition) is 3. The average molecular weight is 471 g/mol. The van der Waals surface area contributed by atoms with Crippen LogP contribution in [0.5, 0.6) is 11.5 Å². The van der Waals surface area contributed by atoms with Crippen molar-refractivity contribution in [2.75, 3.05) is 6.35 Å². The van der Waals surface area contributed by atoms with Gasteiger partial charge < -0.3 is 19.6 Å². The number of rotatable bonds is 7. The highest BCUT2D eigenvalue weighted by molar-refractivity contribution is 7.51. The monoisotopic (exact) mass is 470 g/mol. The summed E-state index contributed by atoms with van der Waals surface area (Å²) in [6, 6.07) is 14.1. The molecule has 0 unspecified atom stereocenters. The zero-order valence-corrected chi connectivity index (χ0v) is 18.0. The summed E-state index contributed by atoms with van der Waals surface area (Å²) in [5.41, 5.74) is 2.98. The Morgan fingerprint density at radius 1 is 0.900 bits per heavy atom. The fourth-order valence-corrected chi connectivity index (χ4v) is 3.83. The molecule has 0 aliphatic rings. The summed E-state index contributed by atoms with van der Waals surface area (Å²) in [6.07, 6.45) is 0.0213. The standard InChI is InChI=1S/C21H18Cl2FO5P/c22-19-10-17(29-12-30(26,27)28)11-20(23)18(19)9-14-3-6-21(25)15(8-14)7-13-1-4-16(24)5-2-13/h1-6,8,10-11,25H,7,9,12H2,(H2,26,27,28). The molecule has 0 fully saturated rings. The van der Waals surface area contributed by atoms with E-state index in [0.717, 1.165) is 11.1 Å². The second-order valence-electron chi connectivity index (χ2n) is 6.75. The van der Waals surface area contributed by atoms with Crippen LogP contribution in [0.3, 0.4) is 0 Å². The minimum atomic E-state index is -4.32. The van der Waals surface area contributed by atoms with Gasteiger partial charge in [0.25, 0.3) is 0 Å². The van der Waals surface area contributed by atoms with Gasteiger partial charge in [0.05, 0.1) is 0 Å². The van der Waals surface area contributed by atoms with Gasteiger partial charge >= 0.3 is 7.60 Å². The molecule has 0 saturated heterocycles. The second-order valence-corrected chi connectivity index (χ2v) is 9.15. The van der Waals surface area contributed by atoms with Gasteiger partial charge in [0.15, 0.2) is 6.35 Å². The first-order valence-electron chi connectivity index (χ1n) is 8.81. The number of aromatic hydroxyl groups is 1. The van der Waals surface area contributed by atoms with Crippen molar-refractivity contribution in [3.05, 3.63) is 92.7 Å². The Morgan fingerprint density at radius 3 is 2.10 bits per heavy atom. The van der Waals surface area contributed by atoms with E-state index in [1.807, 2.05) is 6.07 Å². The topological polar surface area (TPSA) is 87.0 Å². The predicted octanol–water partition coefficient (Wildman–Crippen LogP) is 5.53. The molecule has 0 saturated carbocycles. The van der Waals surface area contributed by atoms with Crippen LogP contribution >= 0.6 is 30.8 Å². The largest absolute Gasteiger partial charge is 0.508 e. The van der Waals surface area contributed by atoms with E-state index in [1.54, 1.807) is 24.3 Å². The quantitative estimate of drug-likeness (QED) is 0.395. The van der Waals surface area contributed by atoms with Crippen LogP contribution in [0.4, 0.5) is 4.39 Å². The van der Waals surface area contributed by atoms with Gasteiger partial charge in [0.1, 0.15) is 17.3 Å². The van der Waals surface area contributed by atoms with Crippen molar-refractivity contribution < 1.29 is 28.6 Å². The molecule has 3 N–H and O–H groups in total. The molecule has 0 radical (unpaired) electrons. The van der Waals surface area contributed by atoms with Crippen molar-refractivity contribution in [2.24, 2.45) is 0 Å². The molecule has 9 heteroatoms. The normalized spacial score (nSPS) is 11.5. The predicted molar refractivity (Wildman–Crippen MR) is 114 cm³/mol. The molecule has 3 aromatic rings. The molecule has 3 aromatic carbocycles. The fraction of sp³-hybridized carbons (Fsp3) is 0.143. The minimum Gasteiger partial charge on any atom is -0.508 e. The number of ether oxygens (including phenoxy) is 1. The van der Waals surface area contributed by atoms with Gasteiger partial charge in [-0.3, -0.25) is 4.57 Å². The van der Waals surface area contributed by atoms with Gasteiger partial charge in [0.2, 0.25) is 0 Å². The number of phenols is 1. The third-order valence-corrected chi connectivity index (χ3v) is 5.49. The van der Waals surface area contributed by atoms with E-state index in [4.69, 9.17) is 37.7 Å². The van der Waals surface area contributed by atoms with E-state index < -0.39 is 13.9 Å². The number of hydrogen-bond acceptors (Lipinski definition) is 3. The first-order chi connectivity index (χ1) is 14.1. The summed E-state index contributed by atoms with van der Waals surface area (Å²) in [5.74, 6) is -0.0459. The van der Waals surface area contributed by atoms with Crippen molar-refractivity contribution >= 4 is 30.8 Å². The van der Waals surface area contributed by atoms with Crippen molar-refractivity contribution in [2.45, 2.75) is 12.8 Å². The van der Waals surface area contributed by atoms with Crippen LogP contribution in [0, 0.1) is 5.82 Å². The molecule has 0 aliphatic carbocycles. The van der Waals surface area contributed by atoms with E-state index in [-0.39, 0.29) is 27.4 Å². The van der Waals surface area contributed by atoms with E-state index >= 15 is 0 Å². The third-order valence-electron chi connectivity index (χ3n) is 4.35. The fourth-order valence-electron chi connectivity index (χ4n) is 2.91. The van der Waals surface area contributed by atoms with Crippen LogP contribution in [0.15, 0.2) is 54.6 Å². The molecular weight excluding hydrogens is 453 g/mol. The molecule has 0 spiro atoms. The Morgan fingerprint density at radius 2 is 1.50 bits per heavy atom. The highest BCUT2D eigenvalue weighted by atomic mass is 35.5. The van der Waals surface area contributed by atoms with Gasteiger partial charge in [-0.2, -0.15) is 0 Å². The van der Waals surface area contributed by atoms with Crippen LogP contribution < -0.4 is 4.74 Å². The van der Waals surface area contributed by atoms with Crippen LogP contribution in [-0.2, 0) is 17.4 Å². The maximum Gasteiger partial charge on any atom is 0.362 e. The molecule has 0 bridgehead atoms. The zero-order valence-electron chi connectivity index (χ0n) is 15.6. The van der Waals surface area contributed by atoms with E-state index in [1.165, 1.54) is 24.3 Å². The van der Waals surface area contributed by atoms with Crippen LogP contribution in [0.1, 0.15) is 22.3 Å². The first kappa shape index (κ1) is 22.6. The lowest BCUT2D eigenvalue weighted by Crippen LogP contribution is -2.00. The van der Waals surface area contributed by atoms with E-state index in [9.17, 15) is 14.1 Å². The van der Waals surface area contributed by atoms with Crippen molar-refractivity contribution in [1.29, 1.82) is 0 Å². The van der Waals surface area contributed by atoms with Crippen molar-refractivity contribution in [1.82, 2.24) is 0 Å².